The monoisotopic (exact) mass is 650 g/mol. The van der Waals surface area contributed by atoms with Gasteiger partial charge in [0.25, 0.3) is 5.91 Å². The second kappa shape index (κ2) is 15.7. The Hall–Kier alpha value is -1.72. The highest BCUT2D eigenvalue weighted by Gasteiger charge is 2.59. The summed E-state index contributed by atoms with van der Waals surface area (Å²) in [4.78, 5) is 24.7. The van der Waals surface area contributed by atoms with E-state index in [9.17, 15) is 30.0 Å². The fourth-order valence-corrected chi connectivity index (χ4v) is 10.1. The van der Waals surface area contributed by atoms with Crippen LogP contribution in [0.3, 0.4) is 0 Å². The van der Waals surface area contributed by atoms with Crippen molar-refractivity contribution in [3.63, 3.8) is 0 Å². The molecule has 4 rings (SSSR count). The highest BCUT2D eigenvalue weighted by atomic mass is 16.6. The summed E-state index contributed by atoms with van der Waals surface area (Å²) in [5.41, 5.74) is 2.07. The van der Waals surface area contributed by atoms with Gasteiger partial charge in [-0.1, -0.05) is 65.5 Å². The summed E-state index contributed by atoms with van der Waals surface area (Å²) < 4.78 is 5.78. The maximum absolute atomic E-state index is 12.6. The molecular formula is C36H62N2O8. The third-order valence-corrected chi connectivity index (χ3v) is 12.8. The third-order valence-electron chi connectivity index (χ3n) is 12.8. The number of carbonyl (C=O) groups is 2. The molecule has 10 heteroatoms. The Kier molecular flexibility index (Phi) is 12.6. The number of amides is 2. The van der Waals surface area contributed by atoms with Crippen LogP contribution < -0.4 is 10.6 Å². The van der Waals surface area contributed by atoms with E-state index in [-0.39, 0.29) is 24.6 Å². The lowest BCUT2D eigenvalue weighted by Gasteiger charge is -2.58. The van der Waals surface area contributed by atoms with Gasteiger partial charge in [0, 0.05) is 19.5 Å². The largest absolute Gasteiger partial charge is 0.446 e. The second-order valence-corrected chi connectivity index (χ2v) is 16.0. The minimum absolute atomic E-state index is 0.0367. The maximum atomic E-state index is 12.6. The molecular weight excluding hydrogens is 588 g/mol. The summed E-state index contributed by atoms with van der Waals surface area (Å²) in [6.07, 6.45) is 7.31. The van der Waals surface area contributed by atoms with Crippen LogP contribution in [0, 0.1) is 46.3 Å². The zero-order valence-corrected chi connectivity index (χ0v) is 28.8. The van der Waals surface area contributed by atoms with Crippen LogP contribution in [0.5, 0.6) is 0 Å². The van der Waals surface area contributed by atoms with Crippen LogP contribution in [-0.2, 0) is 9.53 Å². The summed E-state index contributed by atoms with van der Waals surface area (Å²) in [6.45, 7) is 11.4. The number of carbonyl (C=O) groups excluding carboxylic acids is 2. The van der Waals surface area contributed by atoms with E-state index < -0.39 is 43.0 Å². The first-order valence-corrected chi connectivity index (χ1v) is 18.0. The standard InChI is InChI=1S/C36H62N2O8/c1-21(2)7-6-8-22(3)26-11-12-27-25-10-9-23-19-24(13-15-35(23,4)28(25)14-16-36(26,27)5)46-34(45)38-18-17-37-33(44)32(43)31(42)30(41)29(40)20-39/h9,21-22,24-32,39-43H,6-8,10-20H2,1-5H3,(H,37,44)(H,38,45)/t22-,24+,25+,26-,27+,28+,29-,30-,31-,32-,35+,36-/m1/s1. The number of aliphatic hydroxyl groups excluding tert-OH is 5. The van der Waals surface area contributed by atoms with Gasteiger partial charge < -0.3 is 40.9 Å². The molecule has 10 nitrogen and oxygen atoms in total. The first-order valence-electron chi connectivity index (χ1n) is 18.0. The van der Waals surface area contributed by atoms with Crippen molar-refractivity contribution in [3.05, 3.63) is 11.6 Å². The van der Waals surface area contributed by atoms with Crippen LogP contribution >= 0.6 is 0 Å². The third kappa shape index (κ3) is 7.94. The number of ether oxygens (including phenoxy) is 1. The summed E-state index contributed by atoms with van der Waals surface area (Å²) in [5, 5.41) is 52.7. The van der Waals surface area contributed by atoms with Gasteiger partial charge in [-0.3, -0.25) is 4.79 Å². The number of fused-ring (bicyclic) bond motifs is 5. The molecule has 46 heavy (non-hydrogen) atoms. The minimum Gasteiger partial charge on any atom is -0.446 e. The second-order valence-electron chi connectivity index (χ2n) is 16.0. The van der Waals surface area contributed by atoms with E-state index in [1.165, 1.54) is 50.5 Å². The summed E-state index contributed by atoms with van der Waals surface area (Å²) in [7, 11) is 0. The molecule has 4 aliphatic carbocycles. The molecule has 0 aliphatic heterocycles. The molecule has 7 N–H and O–H groups in total. The van der Waals surface area contributed by atoms with Crippen molar-refractivity contribution in [1.29, 1.82) is 0 Å². The molecule has 0 aromatic heterocycles. The Morgan fingerprint density at radius 1 is 0.935 bits per heavy atom. The molecule has 0 heterocycles. The van der Waals surface area contributed by atoms with Gasteiger partial charge in [0.2, 0.25) is 0 Å². The quantitative estimate of drug-likeness (QED) is 0.110. The van der Waals surface area contributed by atoms with E-state index in [4.69, 9.17) is 9.84 Å². The Bertz CT molecular complexity index is 1070. The van der Waals surface area contributed by atoms with Gasteiger partial charge in [-0.15, -0.1) is 0 Å². The van der Waals surface area contributed by atoms with E-state index in [0.29, 0.717) is 11.3 Å². The zero-order valence-electron chi connectivity index (χ0n) is 28.8. The van der Waals surface area contributed by atoms with Gasteiger partial charge in [0.05, 0.1) is 6.61 Å². The Labute approximate surface area is 275 Å². The van der Waals surface area contributed by atoms with Crippen molar-refractivity contribution < 1.29 is 39.9 Å². The van der Waals surface area contributed by atoms with Crippen molar-refractivity contribution in [2.45, 2.75) is 136 Å². The Balaban J connectivity index is 1.24. The Morgan fingerprint density at radius 3 is 2.35 bits per heavy atom. The number of nitrogens with one attached hydrogen (secondary N) is 2. The molecule has 3 fully saturated rings. The van der Waals surface area contributed by atoms with Gasteiger partial charge in [-0.05, 0) is 91.3 Å². The summed E-state index contributed by atoms with van der Waals surface area (Å²) >= 11 is 0. The topological polar surface area (TPSA) is 169 Å². The first-order chi connectivity index (χ1) is 21.7. The number of hydrogen-bond acceptors (Lipinski definition) is 8. The molecule has 0 saturated heterocycles. The zero-order chi connectivity index (χ0) is 33.8. The lowest BCUT2D eigenvalue weighted by molar-refractivity contribution is -0.148. The Morgan fingerprint density at radius 2 is 1.65 bits per heavy atom. The van der Waals surface area contributed by atoms with Gasteiger partial charge in [-0.25, -0.2) is 4.79 Å². The summed E-state index contributed by atoms with van der Waals surface area (Å²) in [6, 6.07) is 0. The van der Waals surface area contributed by atoms with Crippen molar-refractivity contribution in [1.82, 2.24) is 10.6 Å². The highest BCUT2D eigenvalue weighted by Crippen LogP contribution is 2.67. The van der Waals surface area contributed by atoms with Crippen LogP contribution in [0.4, 0.5) is 4.79 Å². The molecule has 12 atom stereocenters. The van der Waals surface area contributed by atoms with Crippen molar-refractivity contribution in [3.8, 4) is 0 Å². The number of allylic oxidation sites excluding steroid dienone is 1. The lowest BCUT2D eigenvalue weighted by Crippen LogP contribution is -2.52. The average molecular weight is 651 g/mol. The first kappa shape index (κ1) is 37.1. The molecule has 2 amide bonds. The van der Waals surface area contributed by atoms with Crippen LogP contribution in [0.2, 0.25) is 0 Å². The maximum Gasteiger partial charge on any atom is 0.407 e. The van der Waals surface area contributed by atoms with E-state index in [1.54, 1.807) is 0 Å². The number of rotatable bonds is 14. The smallest absolute Gasteiger partial charge is 0.407 e. The predicted molar refractivity (Wildman–Crippen MR) is 175 cm³/mol. The fraction of sp³-hybridized carbons (Fsp3) is 0.889. The average Bonchev–Trinajstić information content (AvgIpc) is 3.38. The summed E-state index contributed by atoms with van der Waals surface area (Å²) in [5.74, 6) is 3.70. The lowest BCUT2D eigenvalue weighted by atomic mass is 9.47. The van der Waals surface area contributed by atoms with E-state index in [0.717, 1.165) is 55.3 Å². The molecule has 0 spiro atoms. The number of aliphatic hydroxyl groups is 5. The van der Waals surface area contributed by atoms with Crippen LogP contribution in [-0.4, -0.2) is 87.7 Å². The normalized spacial score (nSPS) is 35.5. The fourth-order valence-electron chi connectivity index (χ4n) is 10.1. The van der Waals surface area contributed by atoms with Gasteiger partial charge in [0.15, 0.2) is 6.10 Å². The molecule has 0 bridgehead atoms. The number of hydrogen-bond donors (Lipinski definition) is 7. The van der Waals surface area contributed by atoms with Gasteiger partial charge >= 0.3 is 6.09 Å². The molecule has 0 aromatic rings. The van der Waals surface area contributed by atoms with E-state index >= 15 is 0 Å². The predicted octanol–water partition coefficient (Wildman–Crippen LogP) is 3.67. The van der Waals surface area contributed by atoms with Crippen molar-refractivity contribution >= 4 is 12.0 Å². The van der Waals surface area contributed by atoms with Crippen LogP contribution in [0.25, 0.3) is 0 Å². The van der Waals surface area contributed by atoms with Crippen molar-refractivity contribution in [2.75, 3.05) is 19.7 Å². The molecule has 0 aromatic carbocycles. The van der Waals surface area contributed by atoms with Crippen LogP contribution in [0.1, 0.15) is 105 Å². The molecule has 264 valence electrons. The molecule has 4 aliphatic rings. The SMILES string of the molecule is CC(C)CCC[C@@H](C)[C@H]1CC[C@H]2[C@@H]3CC=C4C[C@@H](OC(=O)NCCNC(=O)[C@H](O)[C@H](O)[C@H](O)[C@H](O)CO)CC[C@]4(C)[C@H]3CC[C@]12C. The van der Waals surface area contributed by atoms with Gasteiger partial charge in [0.1, 0.15) is 24.4 Å². The highest BCUT2D eigenvalue weighted by molar-refractivity contribution is 5.81. The van der Waals surface area contributed by atoms with Crippen molar-refractivity contribution in [2.24, 2.45) is 46.3 Å². The molecule has 3 saturated carbocycles. The van der Waals surface area contributed by atoms with Gasteiger partial charge in [-0.2, -0.15) is 0 Å². The van der Waals surface area contributed by atoms with E-state index in [1.807, 2.05) is 0 Å². The van der Waals surface area contributed by atoms with E-state index in [2.05, 4.69) is 51.3 Å². The molecule has 0 radical (unpaired) electrons. The molecule has 0 unspecified atom stereocenters. The van der Waals surface area contributed by atoms with Crippen LogP contribution in [0.15, 0.2) is 11.6 Å². The number of alkyl carbamates (subject to hydrolysis) is 1. The minimum atomic E-state index is -2.01.